The van der Waals surface area contributed by atoms with Crippen LogP contribution in [0.4, 0.5) is 0 Å². The maximum Gasteiger partial charge on any atom is 0.141 e. The monoisotopic (exact) mass is 388 g/mol. The summed E-state index contributed by atoms with van der Waals surface area (Å²) in [6, 6.07) is 5.45. The molecular weight excluding hydrogens is 375 g/mol. The van der Waals surface area contributed by atoms with E-state index in [1.54, 1.807) is 18.5 Å². The number of nitrogens with zero attached hydrogens (tertiary/aromatic N) is 1. The van der Waals surface area contributed by atoms with Crippen LogP contribution < -0.4 is 10.5 Å². The first-order valence-corrected chi connectivity index (χ1v) is 7.96. The fraction of sp³-hybridized carbons (Fsp3) is 0.267. The highest BCUT2D eigenvalue weighted by atomic mass is 79.9. The van der Waals surface area contributed by atoms with Crippen molar-refractivity contribution < 1.29 is 4.74 Å². The highest BCUT2D eigenvalue weighted by molar-refractivity contribution is 9.10. The number of rotatable bonds is 5. The van der Waals surface area contributed by atoms with E-state index in [0.29, 0.717) is 28.8 Å². The Bertz CT molecular complexity index is 635. The summed E-state index contributed by atoms with van der Waals surface area (Å²) in [6.45, 7) is 2.30. The third-order valence-corrected chi connectivity index (χ3v) is 3.70. The predicted octanol–water partition coefficient (Wildman–Crippen LogP) is 4.62. The molecule has 0 saturated carbocycles. The van der Waals surface area contributed by atoms with Crippen LogP contribution in [-0.4, -0.2) is 11.0 Å². The zero-order chi connectivity index (χ0) is 15.4. The molecule has 6 heteroatoms. The van der Waals surface area contributed by atoms with Crippen LogP contribution >= 0.6 is 39.1 Å². The number of nitrogens with two attached hydrogens (primary N) is 1. The summed E-state index contributed by atoms with van der Waals surface area (Å²) in [5.74, 6) is 0.623. The average Bonchev–Trinajstić information content (AvgIpc) is 2.36. The minimum atomic E-state index is -0.00517. The Balaban J connectivity index is 2.22. The van der Waals surface area contributed by atoms with Gasteiger partial charge in [-0.1, -0.05) is 23.2 Å². The normalized spacial score (nSPS) is 12.2. The molecule has 0 saturated heterocycles. The zero-order valence-corrected chi connectivity index (χ0v) is 14.5. The maximum absolute atomic E-state index is 6.24. The summed E-state index contributed by atoms with van der Waals surface area (Å²) in [6.07, 6.45) is 4.12. The highest BCUT2D eigenvalue weighted by Gasteiger charge is 2.13. The van der Waals surface area contributed by atoms with Crippen molar-refractivity contribution in [2.24, 2.45) is 5.73 Å². The molecule has 3 nitrogen and oxygen atoms in total. The minimum absolute atomic E-state index is 0.00517. The Morgan fingerprint density at radius 1 is 1.29 bits per heavy atom. The molecule has 2 N–H and O–H groups in total. The zero-order valence-electron chi connectivity index (χ0n) is 11.4. The van der Waals surface area contributed by atoms with Gasteiger partial charge in [-0.3, -0.25) is 4.98 Å². The largest absolute Gasteiger partial charge is 0.487 e. The number of pyridine rings is 1. The second kappa shape index (κ2) is 7.45. The lowest BCUT2D eigenvalue weighted by Gasteiger charge is -2.15. The molecule has 0 spiro atoms. The number of aromatic nitrogens is 1. The molecule has 0 radical (unpaired) electrons. The summed E-state index contributed by atoms with van der Waals surface area (Å²) in [7, 11) is 0. The molecule has 1 aromatic carbocycles. The van der Waals surface area contributed by atoms with E-state index in [4.69, 9.17) is 33.7 Å². The molecule has 0 aliphatic rings. The summed E-state index contributed by atoms with van der Waals surface area (Å²) >= 11 is 15.7. The predicted molar refractivity (Wildman–Crippen MR) is 90.1 cm³/mol. The van der Waals surface area contributed by atoms with Gasteiger partial charge < -0.3 is 10.5 Å². The third kappa shape index (κ3) is 4.85. The van der Waals surface area contributed by atoms with Crippen LogP contribution in [0.3, 0.4) is 0 Å². The lowest BCUT2D eigenvalue weighted by Crippen LogP contribution is -2.18. The molecule has 1 aromatic heterocycles. The molecule has 0 aliphatic heterocycles. The van der Waals surface area contributed by atoms with E-state index in [1.165, 1.54) is 0 Å². The molecule has 0 amide bonds. The Hall–Kier alpha value is -0.810. The fourth-order valence-electron chi connectivity index (χ4n) is 1.96. The second-order valence-electron chi connectivity index (χ2n) is 4.86. The van der Waals surface area contributed by atoms with Gasteiger partial charge in [-0.05, 0) is 53.0 Å². The van der Waals surface area contributed by atoms with Crippen molar-refractivity contribution in [2.45, 2.75) is 26.0 Å². The van der Waals surface area contributed by atoms with E-state index in [9.17, 15) is 0 Å². The lowest BCUT2D eigenvalue weighted by atomic mass is 10.1. The van der Waals surface area contributed by atoms with Crippen LogP contribution in [0.25, 0.3) is 0 Å². The van der Waals surface area contributed by atoms with Crippen molar-refractivity contribution in [3.8, 4) is 5.75 Å². The van der Waals surface area contributed by atoms with Gasteiger partial charge in [0.1, 0.15) is 12.4 Å². The number of hydrogen-bond acceptors (Lipinski definition) is 3. The van der Waals surface area contributed by atoms with Crippen LogP contribution in [0.2, 0.25) is 10.0 Å². The standard InChI is InChI=1S/C15H15BrCl2N2O/c1-9(19)2-11-4-13(17)5-14(18)15(11)21-8-10-3-12(16)7-20-6-10/h3-7,9H,2,8,19H2,1H3. The first kappa shape index (κ1) is 16.6. The molecule has 1 atom stereocenters. The van der Waals surface area contributed by atoms with E-state index >= 15 is 0 Å². The van der Waals surface area contributed by atoms with Gasteiger partial charge in [0.25, 0.3) is 0 Å². The summed E-state index contributed by atoms with van der Waals surface area (Å²) in [5.41, 5.74) is 7.72. The second-order valence-corrected chi connectivity index (χ2v) is 6.62. The van der Waals surface area contributed by atoms with Crippen molar-refractivity contribution in [1.82, 2.24) is 4.98 Å². The number of benzene rings is 1. The van der Waals surface area contributed by atoms with Crippen molar-refractivity contribution in [2.75, 3.05) is 0 Å². The van der Waals surface area contributed by atoms with Crippen LogP contribution in [0.5, 0.6) is 5.75 Å². The van der Waals surface area contributed by atoms with Gasteiger partial charge in [0, 0.05) is 33.5 Å². The van der Waals surface area contributed by atoms with Crippen molar-refractivity contribution >= 4 is 39.1 Å². The summed E-state index contributed by atoms with van der Waals surface area (Å²) < 4.78 is 6.76. The van der Waals surface area contributed by atoms with Crippen molar-refractivity contribution in [3.63, 3.8) is 0 Å². The fourth-order valence-corrected chi connectivity index (χ4v) is 2.97. The quantitative estimate of drug-likeness (QED) is 0.811. The molecule has 1 heterocycles. The smallest absolute Gasteiger partial charge is 0.141 e. The van der Waals surface area contributed by atoms with Crippen molar-refractivity contribution in [1.29, 1.82) is 0 Å². The van der Waals surface area contributed by atoms with Crippen LogP contribution in [-0.2, 0) is 13.0 Å². The molecule has 0 aliphatic carbocycles. The first-order chi connectivity index (χ1) is 9.95. The molecule has 2 aromatic rings. The summed E-state index contributed by atoms with van der Waals surface area (Å²) in [5, 5.41) is 1.06. The Kier molecular flexibility index (Phi) is 5.88. The van der Waals surface area contributed by atoms with Crippen molar-refractivity contribution in [3.05, 3.63) is 56.2 Å². The highest BCUT2D eigenvalue weighted by Crippen LogP contribution is 2.33. The molecular formula is C15H15BrCl2N2O. The third-order valence-electron chi connectivity index (χ3n) is 2.77. The van der Waals surface area contributed by atoms with E-state index in [-0.39, 0.29) is 6.04 Å². The van der Waals surface area contributed by atoms with Crippen LogP contribution in [0.1, 0.15) is 18.1 Å². The lowest BCUT2D eigenvalue weighted by molar-refractivity contribution is 0.302. The Morgan fingerprint density at radius 2 is 2.05 bits per heavy atom. The maximum atomic E-state index is 6.24. The molecule has 1 unspecified atom stereocenters. The SMILES string of the molecule is CC(N)Cc1cc(Cl)cc(Cl)c1OCc1cncc(Br)c1. The van der Waals surface area contributed by atoms with Gasteiger partial charge in [0.15, 0.2) is 0 Å². The topological polar surface area (TPSA) is 48.1 Å². The van der Waals surface area contributed by atoms with Gasteiger partial charge >= 0.3 is 0 Å². The Labute approximate surface area is 142 Å². The summed E-state index contributed by atoms with van der Waals surface area (Å²) in [4.78, 5) is 4.10. The number of ether oxygens (including phenoxy) is 1. The Morgan fingerprint density at radius 3 is 2.71 bits per heavy atom. The van der Waals surface area contributed by atoms with E-state index < -0.39 is 0 Å². The minimum Gasteiger partial charge on any atom is -0.487 e. The first-order valence-electron chi connectivity index (χ1n) is 6.41. The molecule has 0 bridgehead atoms. The molecule has 2 rings (SSSR count). The van der Waals surface area contributed by atoms with Gasteiger partial charge in [-0.25, -0.2) is 0 Å². The van der Waals surface area contributed by atoms with E-state index in [1.807, 2.05) is 19.1 Å². The number of halogens is 3. The molecule has 21 heavy (non-hydrogen) atoms. The van der Waals surface area contributed by atoms with Gasteiger partial charge in [-0.15, -0.1) is 0 Å². The van der Waals surface area contributed by atoms with Crippen LogP contribution in [0, 0.1) is 0 Å². The van der Waals surface area contributed by atoms with E-state index in [2.05, 4.69) is 20.9 Å². The number of hydrogen-bond donors (Lipinski definition) is 1. The van der Waals surface area contributed by atoms with E-state index in [0.717, 1.165) is 15.6 Å². The van der Waals surface area contributed by atoms with Gasteiger partial charge in [-0.2, -0.15) is 0 Å². The average molecular weight is 390 g/mol. The van der Waals surface area contributed by atoms with Crippen LogP contribution in [0.15, 0.2) is 35.1 Å². The van der Waals surface area contributed by atoms with Gasteiger partial charge in [0.05, 0.1) is 5.02 Å². The molecule has 0 fully saturated rings. The van der Waals surface area contributed by atoms with Gasteiger partial charge in [0.2, 0.25) is 0 Å². The molecule has 112 valence electrons.